The van der Waals surface area contributed by atoms with E-state index in [9.17, 15) is 9.59 Å². The Bertz CT molecular complexity index is 491. The van der Waals surface area contributed by atoms with Gasteiger partial charge in [-0.1, -0.05) is 0 Å². The van der Waals surface area contributed by atoms with Crippen molar-refractivity contribution in [3.8, 4) is 11.8 Å². The Morgan fingerprint density at radius 3 is 2.45 bits per heavy atom. The highest BCUT2D eigenvalue weighted by Crippen LogP contribution is 2.11. The van der Waals surface area contributed by atoms with Crippen molar-refractivity contribution >= 4 is 11.9 Å². The number of hydrogen-bond acceptors (Lipinski definition) is 5. The Balaban J connectivity index is 2.44. The van der Waals surface area contributed by atoms with Gasteiger partial charge in [-0.25, -0.2) is 0 Å². The van der Waals surface area contributed by atoms with Crippen LogP contribution in [0.4, 0.5) is 0 Å². The minimum atomic E-state index is -1.04. The molecule has 7 nitrogen and oxygen atoms in total. The van der Waals surface area contributed by atoms with E-state index in [0.29, 0.717) is 11.3 Å². The summed E-state index contributed by atoms with van der Waals surface area (Å²) in [6, 6.07) is 8.52. The van der Waals surface area contributed by atoms with Gasteiger partial charge in [0.2, 0.25) is 5.91 Å². The molecule has 0 saturated carbocycles. The number of carbonyl (C=O) groups excluding carboxylic acids is 1. The monoisotopic (exact) mass is 277 g/mol. The SMILES string of the molecule is N#Cc1ccc(OCCN(CC(N)=O)CC(=O)O)cc1. The highest BCUT2D eigenvalue weighted by Gasteiger charge is 2.12. The van der Waals surface area contributed by atoms with Crippen LogP contribution in [0, 0.1) is 11.3 Å². The van der Waals surface area contributed by atoms with Gasteiger partial charge in [0.1, 0.15) is 12.4 Å². The Morgan fingerprint density at radius 2 is 1.95 bits per heavy atom. The molecule has 3 N–H and O–H groups in total. The molecule has 1 aromatic rings. The summed E-state index contributed by atoms with van der Waals surface area (Å²) in [5.41, 5.74) is 5.57. The number of nitrogens with zero attached hydrogens (tertiary/aromatic N) is 2. The predicted molar refractivity (Wildman–Crippen MR) is 69.9 cm³/mol. The lowest BCUT2D eigenvalue weighted by atomic mass is 10.2. The van der Waals surface area contributed by atoms with Gasteiger partial charge in [-0.3, -0.25) is 14.5 Å². The Hall–Kier alpha value is -2.59. The molecule has 7 heteroatoms. The fourth-order valence-corrected chi connectivity index (χ4v) is 1.54. The minimum absolute atomic E-state index is 0.136. The number of rotatable bonds is 8. The maximum atomic E-state index is 10.8. The van der Waals surface area contributed by atoms with Crippen molar-refractivity contribution in [3.05, 3.63) is 29.8 Å². The van der Waals surface area contributed by atoms with Crippen molar-refractivity contribution in [2.75, 3.05) is 26.2 Å². The summed E-state index contributed by atoms with van der Waals surface area (Å²) < 4.78 is 5.40. The Kier molecular flexibility index (Phi) is 6.00. The van der Waals surface area contributed by atoms with Crippen LogP contribution in [0.2, 0.25) is 0 Å². The fourth-order valence-electron chi connectivity index (χ4n) is 1.54. The quantitative estimate of drug-likeness (QED) is 0.680. The maximum absolute atomic E-state index is 10.8. The summed E-state index contributed by atoms with van der Waals surface area (Å²) in [7, 11) is 0. The van der Waals surface area contributed by atoms with Gasteiger partial charge in [0.05, 0.1) is 24.7 Å². The van der Waals surface area contributed by atoms with Crippen molar-refractivity contribution in [2.45, 2.75) is 0 Å². The molecule has 0 aliphatic rings. The first-order chi connectivity index (χ1) is 9.51. The molecule has 0 radical (unpaired) electrons. The normalized spacial score (nSPS) is 10.0. The molecule has 106 valence electrons. The number of primary amides is 1. The van der Waals surface area contributed by atoms with Gasteiger partial charge >= 0.3 is 5.97 Å². The third kappa shape index (κ3) is 5.84. The average Bonchev–Trinajstić information content (AvgIpc) is 2.38. The summed E-state index contributed by atoms with van der Waals surface area (Å²) in [5, 5.41) is 17.4. The van der Waals surface area contributed by atoms with Crippen molar-refractivity contribution in [1.82, 2.24) is 4.90 Å². The number of hydrogen-bond donors (Lipinski definition) is 2. The molecule has 0 fully saturated rings. The molecule has 0 aliphatic heterocycles. The summed E-state index contributed by atoms with van der Waals surface area (Å²) in [6.07, 6.45) is 0. The zero-order chi connectivity index (χ0) is 15.0. The molecule has 0 aliphatic carbocycles. The minimum Gasteiger partial charge on any atom is -0.492 e. The van der Waals surface area contributed by atoms with Gasteiger partial charge in [-0.15, -0.1) is 0 Å². The van der Waals surface area contributed by atoms with Gasteiger partial charge in [-0.05, 0) is 24.3 Å². The van der Waals surface area contributed by atoms with Crippen LogP contribution >= 0.6 is 0 Å². The van der Waals surface area contributed by atoms with E-state index < -0.39 is 11.9 Å². The number of amides is 1. The van der Waals surface area contributed by atoms with Crippen LogP contribution in [-0.2, 0) is 9.59 Å². The molecule has 0 heterocycles. The second-order valence-corrected chi connectivity index (χ2v) is 4.06. The number of ether oxygens (including phenoxy) is 1. The van der Waals surface area contributed by atoms with E-state index >= 15 is 0 Å². The van der Waals surface area contributed by atoms with Crippen molar-refractivity contribution in [3.63, 3.8) is 0 Å². The van der Waals surface area contributed by atoms with E-state index in [1.54, 1.807) is 24.3 Å². The zero-order valence-corrected chi connectivity index (χ0v) is 10.8. The smallest absolute Gasteiger partial charge is 0.317 e. The van der Waals surface area contributed by atoms with E-state index in [1.165, 1.54) is 4.90 Å². The van der Waals surface area contributed by atoms with Gasteiger partial charge in [0, 0.05) is 6.54 Å². The molecule has 1 amide bonds. The molecule has 0 saturated heterocycles. The third-order valence-electron chi connectivity index (χ3n) is 2.40. The second kappa shape index (κ2) is 7.76. The Morgan fingerprint density at radius 1 is 1.30 bits per heavy atom. The van der Waals surface area contributed by atoms with Gasteiger partial charge in [-0.2, -0.15) is 5.26 Å². The summed E-state index contributed by atoms with van der Waals surface area (Å²) in [4.78, 5) is 22.8. The molecule has 1 aromatic carbocycles. The number of nitriles is 1. The first-order valence-electron chi connectivity index (χ1n) is 5.86. The van der Waals surface area contributed by atoms with E-state index in [0.717, 1.165) is 0 Å². The van der Waals surface area contributed by atoms with Gasteiger partial charge < -0.3 is 15.6 Å². The van der Waals surface area contributed by atoms with Crippen molar-refractivity contribution in [2.24, 2.45) is 5.73 Å². The number of carboxylic acid groups (broad SMARTS) is 1. The number of carbonyl (C=O) groups is 2. The molecule has 0 bridgehead atoms. The Labute approximate surface area is 116 Å². The second-order valence-electron chi connectivity index (χ2n) is 4.06. The molecule has 0 spiro atoms. The van der Waals surface area contributed by atoms with Gasteiger partial charge in [0.15, 0.2) is 0 Å². The lowest BCUT2D eigenvalue weighted by molar-refractivity contribution is -0.138. The molecular formula is C13H15N3O4. The van der Waals surface area contributed by atoms with Crippen molar-refractivity contribution < 1.29 is 19.4 Å². The van der Waals surface area contributed by atoms with Crippen LogP contribution in [0.5, 0.6) is 5.75 Å². The van der Waals surface area contributed by atoms with E-state index in [-0.39, 0.29) is 26.2 Å². The highest BCUT2D eigenvalue weighted by molar-refractivity contribution is 5.77. The standard InChI is InChI=1S/C13H15N3O4/c14-7-10-1-3-11(4-2-10)20-6-5-16(8-12(15)17)9-13(18)19/h1-4H,5-6,8-9H2,(H2,15,17)(H,18,19). The largest absolute Gasteiger partial charge is 0.492 e. The molecule has 0 aromatic heterocycles. The summed E-state index contributed by atoms with van der Waals surface area (Å²) >= 11 is 0. The first-order valence-corrected chi connectivity index (χ1v) is 5.86. The number of nitrogens with two attached hydrogens (primary N) is 1. The predicted octanol–water partition coefficient (Wildman–Crippen LogP) is -0.191. The fraction of sp³-hybridized carbons (Fsp3) is 0.308. The number of aliphatic carboxylic acids is 1. The number of benzene rings is 1. The van der Waals surface area contributed by atoms with Crippen LogP contribution in [0.25, 0.3) is 0 Å². The summed E-state index contributed by atoms with van der Waals surface area (Å²) in [6.45, 7) is 0.0599. The van der Waals surface area contributed by atoms with E-state index in [2.05, 4.69) is 0 Å². The van der Waals surface area contributed by atoms with Crippen LogP contribution in [0.1, 0.15) is 5.56 Å². The molecule has 0 unspecified atom stereocenters. The third-order valence-corrected chi connectivity index (χ3v) is 2.40. The molecule has 1 rings (SSSR count). The van der Waals surface area contributed by atoms with Crippen molar-refractivity contribution in [1.29, 1.82) is 5.26 Å². The van der Waals surface area contributed by atoms with Crippen LogP contribution in [0.15, 0.2) is 24.3 Å². The van der Waals surface area contributed by atoms with E-state index in [4.69, 9.17) is 20.8 Å². The maximum Gasteiger partial charge on any atom is 0.317 e. The van der Waals surface area contributed by atoms with Crippen LogP contribution < -0.4 is 10.5 Å². The van der Waals surface area contributed by atoms with Gasteiger partial charge in [0.25, 0.3) is 0 Å². The molecular weight excluding hydrogens is 262 g/mol. The zero-order valence-electron chi connectivity index (χ0n) is 10.8. The average molecular weight is 277 g/mol. The lowest BCUT2D eigenvalue weighted by Crippen LogP contribution is -2.39. The molecule has 0 atom stereocenters. The highest BCUT2D eigenvalue weighted by atomic mass is 16.5. The lowest BCUT2D eigenvalue weighted by Gasteiger charge is -2.18. The molecule has 20 heavy (non-hydrogen) atoms. The van der Waals surface area contributed by atoms with E-state index in [1.807, 2.05) is 6.07 Å². The summed E-state index contributed by atoms with van der Waals surface area (Å²) in [5.74, 6) is -1.06. The van der Waals surface area contributed by atoms with Crippen LogP contribution in [0.3, 0.4) is 0 Å². The number of carboxylic acids is 1. The topological polar surface area (TPSA) is 117 Å². The first kappa shape index (κ1) is 15.5. The van der Waals surface area contributed by atoms with Crippen LogP contribution in [-0.4, -0.2) is 48.1 Å².